The largest absolute Gasteiger partial charge is 0.340 e. The highest BCUT2D eigenvalue weighted by Gasteiger charge is 2.39. The lowest BCUT2D eigenvalue weighted by Gasteiger charge is -2.33. The van der Waals surface area contributed by atoms with E-state index in [9.17, 15) is 18.0 Å². The van der Waals surface area contributed by atoms with E-state index in [1.807, 2.05) is 17.9 Å². The molecule has 29 heavy (non-hydrogen) atoms. The van der Waals surface area contributed by atoms with Crippen LogP contribution in [-0.4, -0.2) is 50.0 Å². The standard InChI is InChI=1S/C21H27BrN2O4S/c1-14-4-2-3-9-23(14)19(25)8-11-29(27,28)18-13-17(22)12-16-7-10-24(20(16)18)21(26)15-5-6-15/h12-15H,2-11H2,1H3. The van der Waals surface area contributed by atoms with Crippen LogP contribution in [0.5, 0.6) is 0 Å². The van der Waals surface area contributed by atoms with E-state index in [1.54, 1.807) is 11.0 Å². The second-order valence-electron chi connectivity index (χ2n) is 8.43. The van der Waals surface area contributed by atoms with Crippen molar-refractivity contribution in [3.63, 3.8) is 0 Å². The first-order valence-corrected chi connectivity index (χ1v) is 12.9. The van der Waals surface area contributed by atoms with Gasteiger partial charge in [0.05, 0.1) is 16.3 Å². The van der Waals surface area contributed by atoms with Crippen molar-refractivity contribution in [3.8, 4) is 0 Å². The fraction of sp³-hybridized carbons (Fsp3) is 0.619. The maximum absolute atomic E-state index is 13.2. The van der Waals surface area contributed by atoms with Gasteiger partial charge in [0.15, 0.2) is 9.84 Å². The van der Waals surface area contributed by atoms with Crippen molar-refractivity contribution in [3.05, 3.63) is 22.2 Å². The van der Waals surface area contributed by atoms with E-state index in [0.717, 1.165) is 37.7 Å². The lowest BCUT2D eigenvalue weighted by atomic mass is 10.0. The van der Waals surface area contributed by atoms with E-state index >= 15 is 0 Å². The summed E-state index contributed by atoms with van der Waals surface area (Å²) in [5.41, 5.74) is 1.41. The summed E-state index contributed by atoms with van der Waals surface area (Å²) in [5.74, 6) is -0.273. The molecule has 0 spiro atoms. The van der Waals surface area contributed by atoms with Gasteiger partial charge in [-0.1, -0.05) is 15.9 Å². The third-order valence-electron chi connectivity index (χ3n) is 6.23. The molecule has 2 amide bonds. The molecule has 2 fully saturated rings. The Balaban J connectivity index is 1.57. The molecular weight excluding hydrogens is 456 g/mol. The Morgan fingerprint density at radius 2 is 1.90 bits per heavy atom. The number of piperidine rings is 1. The number of carbonyl (C=O) groups excluding carboxylic acids is 2. The normalized spacial score (nSPS) is 21.9. The summed E-state index contributed by atoms with van der Waals surface area (Å²) in [6.45, 7) is 3.25. The van der Waals surface area contributed by atoms with Crippen LogP contribution in [0.1, 0.15) is 51.0 Å². The lowest BCUT2D eigenvalue weighted by molar-refractivity contribution is -0.134. The Morgan fingerprint density at radius 3 is 2.59 bits per heavy atom. The van der Waals surface area contributed by atoms with Crippen LogP contribution < -0.4 is 4.90 Å². The second kappa shape index (κ2) is 8.02. The predicted octanol–water partition coefficient (Wildman–Crippen LogP) is 3.31. The average Bonchev–Trinajstić information content (AvgIpc) is 3.45. The molecule has 2 aliphatic heterocycles. The van der Waals surface area contributed by atoms with Crippen molar-refractivity contribution in [1.29, 1.82) is 0 Å². The third kappa shape index (κ3) is 4.24. The quantitative estimate of drug-likeness (QED) is 0.644. The molecule has 0 bridgehead atoms. The van der Waals surface area contributed by atoms with Gasteiger partial charge in [0, 0.05) is 35.9 Å². The molecular formula is C21H27BrN2O4S. The smallest absolute Gasteiger partial charge is 0.230 e. The van der Waals surface area contributed by atoms with Crippen LogP contribution in [0.3, 0.4) is 0 Å². The maximum Gasteiger partial charge on any atom is 0.230 e. The first-order chi connectivity index (χ1) is 13.8. The molecule has 0 radical (unpaired) electrons. The summed E-state index contributed by atoms with van der Waals surface area (Å²) in [6.07, 6.45) is 5.44. The van der Waals surface area contributed by atoms with E-state index < -0.39 is 9.84 Å². The number of sulfone groups is 1. The third-order valence-corrected chi connectivity index (χ3v) is 8.41. The van der Waals surface area contributed by atoms with Crippen LogP contribution in [0.25, 0.3) is 0 Å². The van der Waals surface area contributed by atoms with Gasteiger partial charge in [-0.2, -0.15) is 0 Å². The van der Waals surface area contributed by atoms with Crippen LogP contribution in [0.2, 0.25) is 0 Å². The fourth-order valence-electron chi connectivity index (χ4n) is 4.42. The van der Waals surface area contributed by atoms with Gasteiger partial charge in [0.2, 0.25) is 11.8 Å². The molecule has 1 aromatic rings. The van der Waals surface area contributed by atoms with Crippen molar-refractivity contribution in [1.82, 2.24) is 4.90 Å². The molecule has 8 heteroatoms. The predicted molar refractivity (Wildman–Crippen MR) is 115 cm³/mol. The first kappa shape index (κ1) is 20.8. The van der Waals surface area contributed by atoms with E-state index in [4.69, 9.17) is 0 Å². The highest BCUT2D eigenvalue weighted by Crippen LogP contribution is 2.41. The molecule has 0 N–H and O–H groups in total. The van der Waals surface area contributed by atoms with Crippen LogP contribution in [0, 0.1) is 5.92 Å². The average molecular weight is 483 g/mol. The van der Waals surface area contributed by atoms with Gasteiger partial charge in [-0.05, 0) is 63.1 Å². The van der Waals surface area contributed by atoms with Crippen LogP contribution in [0.4, 0.5) is 5.69 Å². The summed E-state index contributed by atoms with van der Waals surface area (Å²) >= 11 is 3.41. The summed E-state index contributed by atoms with van der Waals surface area (Å²) in [5, 5.41) is 0. The van der Waals surface area contributed by atoms with Gasteiger partial charge in [0.1, 0.15) is 0 Å². The van der Waals surface area contributed by atoms with E-state index in [0.29, 0.717) is 29.7 Å². The van der Waals surface area contributed by atoms with Crippen molar-refractivity contribution in [2.24, 2.45) is 5.92 Å². The number of likely N-dealkylation sites (tertiary alicyclic amines) is 1. The number of rotatable bonds is 5. The fourth-order valence-corrected chi connectivity index (χ4v) is 6.58. The Morgan fingerprint density at radius 1 is 1.14 bits per heavy atom. The molecule has 1 saturated carbocycles. The van der Waals surface area contributed by atoms with Crippen molar-refractivity contribution in [2.45, 2.75) is 62.8 Å². The van der Waals surface area contributed by atoms with Crippen molar-refractivity contribution in [2.75, 3.05) is 23.7 Å². The lowest BCUT2D eigenvalue weighted by Crippen LogP contribution is -2.42. The van der Waals surface area contributed by atoms with Gasteiger partial charge in [-0.25, -0.2) is 8.42 Å². The minimum Gasteiger partial charge on any atom is -0.340 e. The molecule has 0 aromatic heterocycles. The van der Waals surface area contributed by atoms with E-state index in [-0.39, 0.29) is 40.8 Å². The number of hydrogen-bond acceptors (Lipinski definition) is 4. The van der Waals surface area contributed by atoms with E-state index in [1.165, 1.54) is 0 Å². The molecule has 4 rings (SSSR count). The van der Waals surface area contributed by atoms with Gasteiger partial charge < -0.3 is 9.80 Å². The van der Waals surface area contributed by atoms with Gasteiger partial charge >= 0.3 is 0 Å². The molecule has 6 nitrogen and oxygen atoms in total. The molecule has 1 unspecified atom stereocenters. The summed E-state index contributed by atoms with van der Waals surface area (Å²) in [6, 6.07) is 3.65. The number of anilines is 1. The molecule has 3 aliphatic rings. The minimum atomic E-state index is -3.70. The Hall–Kier alpha value is -1.41. The molecule has 1 aromatic carbocycles. The number of halogens is 1. The Labute approximate surface area is 180 Å². The van der Waals surface area contributed by atoms with Crippen LogP contribution >= 0.6 is 15.9 Å². The van der Waals surface area contributed by atoms with Crippen LogP contribution in [0.15, 0.2) is 21.5 Å². The van der Waals surface area contributed by atoms with Crippen LogP contribution in [-0.2, 0) is 25.8 Å². The second-order valence-corrected chi connectivity index (χ2v) is 11.4. The first-order valence-electron chi connectivity index (χ1n) is 10.4. The van der Waals surface area contributed by atoms with E-state index in [2.05, 4.69) is 15.9 Å². The monoisotopic (exact) mass is 482 g/mol. The maximum atomic E-state index is 13.2. The van der Waals surface area contributed by atoms with Gasteiger partial charge in [-0.3, -0.25) is 9.59 Å². The van der Waals surface area contributed by atoms with Gasteiger partial charge in [0.25, 0.3) is 0 Å². The summed E-state index contributed by atoms with van der Waals surface area (Å²) in [4.78, 5) is 29.0. The number of carbonyl (C=O) groups is 2. The SMILES string of the molecule is CC1CCCCN1C(=O)CCS(=O)(=O)c1cc(Br)cc2c1N(C(=O)C1CC1)CC2. The minimum absolute atomic E-state index is 0.0233. The van der Waals surface area contributed by atoms with Crippen molar-refractivity contribution < 1.29 is 18.0 Å². The molecule has 1 aliphatic carbocycles. The number of amides is 2. The Kier molecular flexibility index (Phi) is 5.77. The van der Waals surface area contributed by atoms with Crippen molar-refractivity contribution >= 4 is 43.3 Å². The van der Waals surface area contributed by atoms with Gasteiger partial charge in [-0.15, -0.1) is 0 Å². The number of hydrogen-bond donors (Lipinski definition) is 0. The number of fused-ring (bicyclic) bond motifs is 1. The highest BCUT2D eigenvalue weighted by atomic mass is 79.9. The number of nitrogens with zero attached hydrogens (tertiary/aromatic N) is 2. The summed E-state index contributed by atoms with van der Waals surface area (Å²) < 4.78 is 27.2. The molecule has 2 heterocycles. The molecule has 1 saturated heterocycles. The Bertz CT molecular complexity index is 942. The zero-order valence-corrected chi connectivity index (χ0v) is 19.1. The zero-order chi connectivity index (χ0) is 20.8. The summed E-state index contributed by atoms with van der Waals surface area (Å²) in [7, 11) is -3.70. The topological polar surface area (TPSA) is 74.8 Å². The number of benzene rings is 1. The highest BCUT2D eigenvalue weighted by molar-refractivity contribution is 9.10. The molecule has 158 valence electrons. The zero-order valence-electron chi connectivity index (χ0n) is 16.7. The molecule has 1 atom stereocenters.